The van der Waals surface area contributed by atoms with Crippen LogP contribution in [0.4, 0.5) is 0 Å². The van der Waals surface area contributed by atoms with Crippen LogP contribution in [0, 0.1) is 20.8 Å². The molecular weight excluding hydrogens is 521 g/mol. The Bertz CT molecular complexity index is 1470. The fraction of sp³-hybridized carbons (Fsp3) is 0.500. The lowest BCUT2D eigenvalue weighted by molar-refractivity contribution is -0.137. The Kier molecular flexibility index (Phi) is 7.19. The number of aromatic amines is 1. The number of carbonyl (C=O) groups is 1. The van der Waals surface area contributed by atoms with Crippen molar-refractivity contribution in [1.29, 1.82) is 0 Å². The highest BCUT2D eigenvalue weighted by atomic mass is 32.1. The Morgan fingerprint density at radius 2 is 1.69 bits per heavy atom. The van der Waals surface area contributed by atoms with E-state index in [1.165, 1.54) is 73.6 Å². The number of H-pyrrole nitrogens is 1. The minimum absolute atomic E-state index is 0.313. The SMILES string of the molecule is Cc1cc(C)cc(-c2[nH]c3sc(C(C)(C)C(=O)N4C5CCC4CC5)cc3c2CCNCCc2scnc2C)c1. The van der Waals surface area contributed by atoms with E-state index in [4.69, 9.17) is 0 Å². The second-order valence-electron chi connectivity index (χ2n) is 12.1. The van der Waals surface area contributed by atoms with Crippen LogP contribution in [0.2, 0.25) is 0 Å². The van der Waals surface area contributed by atoms with Crippen LogP contribution >= 0.6 is 22.7 Å². The third kappa shape index (κ3) is 4.98. The Hall–Kier alpha value is -2.48. The van der Waals surface area contributed by atoms with Crippen LogP contribution in [0.3, 0.4) is 0 Å². The van der Waals surface area contributed by atoms with Gasteiger partial charge in [0, 0.05) is 33.8 Å². The molecule has 2 bridgehead atoms. The van der Waals surface area contributed by atoms with Gasteiger partial charge in [-0.15, -0.1) is 22.7 Å². The van der Waals surface area contributed by atoms with Gasteiger partial charge in [-0.3, -0.25) is 4.79 Å². The summed E-state index contributed by atoms with van der Waals surface area (Å²) in [5, 5.41) is 4.94. The number of thiazole rings is 1. The van der Waals surface area contributed by atoms with Crippen molar-refractivity contribution in [2.75, 3.05) is 13.1 Å². The maximum absolute atomic E-state index is 13.8. The number of benzene rings is 1. The molecule has 0 spiro atoms. The maximum Gasteiger partial charge on any atom is 0.233 e. The molecule has 4 aromatic rings. The lowest BCUT2D eigenvalue weighted by Gasteiger charge is -2.31. The van der Waals surface area contributed by atoms with E-state index in [0.717, 1.165) is 31.6 Å². The van der Waals surface area contributed by atoms with E-state index in [9.17, 15) is 4.79 Å². The standard InChI is InChI=1S/C32H40N4OS2/c1-19-14-20(2)16-22(15-19)29-25(10-12-33-13-11-27-21(3)34-18-38-27)26-17-28(39-30(26)35-29)32(4,5)31(37)36-23-6-7-24(36)9-8-23/h14-18,23-24,33,35H,6-13H2,1-5H3. The van der Waals surface area contributed by atoms with Crippen molar-refractivity contribution in [2.45, 2.75) is 90.6 Å². The van der Waals surface area contributed by atoms with Crippen LogP contribution < -0.4 is 5.32 Å². The predicted molar refractivity (Wildman–Crippen MR) is 164 cm³/mol. The summed E-state index contributed by atoms with van der Waals surface area (Å²) >= 11 is 3.51. The topological polar surface area (TPSA) is 61.0 Å². The number of hydrogen-bond acceptors (Lipinski definition) is 5. The summed E-state index contributed by atoms with van der Waals surface area (Å²) < 4.78 is 0. The van der Waals surface area contributed by atoms with Crippen LogP contribution in [0.1, 0.15) is 71.7 Å². The van der Waals surface area contributed by atoms with Crippen molar-refractivity contribution in [2.24, 2.45) is 0 Å². The number of carbonyl (C=O) groups excluding carboxylic acids is 1. The number of nitrogens with one attached hydrogen (secondary N) is 2. The third-order valence-electron chi connectivity index (χ3n) is 8.87. The smallest absolute Gasteiger partial charge is 0.233 e. The quantitative estimate of drug-likeness (QED) is 0.215. The van der Waals surface area contributed by atoms with Gasteiger partial charge in [-0.25, -0.2) is 4.98 Å². The number of amides is 1. The van der Waals surface area contributed by atoms with E-state index in [0.29, 0.717) is 18.0 Å². The fourth-order valence-electron chi connectivity index (χ4n) is 6.74. The molecule has 7 heteroatoms. The van der Waals surface area contributed by atoms with E-state index in [-0.39, 0.29) is 0 Å². The summed E-state index contributed by atoms with van der Waals surface area (Å²) in [6.07, 6.45) is 6.66. The minimum atomic E-state index is -0.516. The molecule has 39 heavy (non-hydrogen) atoms. The molecule has 1 amide bonds. The summed E-state index contributed by atoms with van der Waals surface area (Å²) in [5.41, 5.74) is 8.94. The van der Waals surface area contributed by atoms with Crippen LogP contribution in [0.5, 0.6) is 0 Å². The maximum atomic E-state index is 13.8. The van der Waals surface area contributed by atoms with E-state index in [1.807, 2.05) is 5.51 Å². The van der Waals surface area contributed by atoms with Gasteiger partial charge < -0.3 is 15.2 Å². The zero-order chi connectivity index (χ0) is 27.3. The van der Waals surface area contributed by atoms with Crippen molar-refractivity contribution in [3.63, 3.8) is 0 Å². The van der Waals surface area contributed by atoms with Gasteiger partial charge in [0.15, 0.2) is 0 Å². The monoisotopic (exact) mass is 560 g/mol. The van der Waals surface area contributed by atoms with Crippen LogP contribution in [-0.2, 0) is 23.1 Å². The molecule has 0 atom stereocenters. The van der Waals surface area contributed by atoms with Crippen molar-refractivity contribution < 1.29 is 4.79 Å². The first-order valence-electron chi connectivity index (χ1n) is 14.4. The molecule has 1 aromatic carbocycles. The van der Waals surface area contributed by atoms with Gasteiger partial charge in [0.1, 0.15) is 4.83 Å². The van der Waals surface area contributed by atoms with Gasteiger partial charge in [0.25, 0.3) is 0 Å². The predicted octanol–water partition coefficient (Wildman–Crippen LogP) is 7.08. The molecule has 3 aromatic heterocycles. The molecule has 2 aliphatic heterocycles. The highest BCUT2D eigenvalue weighted by molar-refractivity contribution is 7.19. The number of rotatable bonds is 9. The van der Waals surface area contributed by atoms with Gasteiger partial charge in [-0.2, -0.15) is 0 Å². The molecule has 0 aliphatic carbocycles. The number of hydrogen-bond donors (Lipinski definition) is 2. The summed E-state index contributed by atoms with van der Waals surface area (Å²) in [6.45, 7) is 12.5. The van der Waals surface area contributed by atoms with Crippen molar-refractivity contribution >= 4 is 38.8 Å². The summed E-state index contributed by atoms with van der Waals surface area (Å²) in [6, 6.07) is 10.0. The van der Waals surface area contributed by atoms with Gasteiger partial charge in [-0.1, -0.05) is 17.2 Å². The molecular formula is C32H40N4OS2. The van der Waals surface area contributed by atoms with E-state index >= 15 is 0 Å². The Labute approximate surface area is 240 Å². The average molecular weight is 561 g/mol. The minimum Gasteiger partial charge on any atom is -0.346 e. The molecule has 5 heterocycles. The average Bonchev–Trinajstić information content (AvgIpc) is 3.71. The third-order valence-corrected chi connectivity index (χ3v) is 11.2. The van der Waals surface area contributed by atoms with Crippen molar-refractivity contribution in [3.05, 3.63) is 61.9 Å². The Morgan fingerprint density at radius 3 is 2.33 bits per heavy atom. The fourth-order valence-corrected chi connectivity index (χ4v) is 8.71. The molecule has 2 fully saturated rings. The van der Waals surface area contributed by atoms with Gasteiger partial charge >= 0.3 is 0 Å². The van der Waals surface area contributed by atoms with E-state index in [1.54, 1.807) is 22.7 Å². The molecule has 206 valence electrons. The van der Waals surface area contributed by atoms with Crippen LogP contribution in [0.25, 0.3) is 21.5 Å². The first kappa shape index (κ1) is 26.7. The molecule has 5 nitrogen and oxygen atoms in total. The molecule has 0 radical (unpaired) electrons. The van der Waals surface area contributed by atoms with E-state index in [2.05, 4.69) is 79.1 Å². The summed E-state index contributed by atoms with van der Waals surface area (Å²) in [7, 11) is 0. The molecule has 6 rings (SSSR count). The number of nitrogens with zero attached hydrogens (tertiary/aromatic N) is 2. The molecule has 2 saturated heterocycles. The van der Waals surface area contributed by atoms with Crippen molar-refractivity contribution in [3.8, 4) is 11.3 Å². The Balaban J connectivity index is 1.28. The normalized spacial score (nSPS) is 19.1. The van der Waals surface area contributed by atoms with Crippen LogP contribution in [-0.4, -0.2) is 45.9 Å². The van der Waals surface area contributed by atoms with E-state index < -0.39 is 5.41 Å². The van der Waals surface area contributed by atoms with Gasteiger partial charge in [0.2, 0.25) is 5.91 Å². The number of fused-ring (bicyclic) bond motifs is 3. The zero-order valence-corrected chi connectivity index (χ0v) is 25.5. The summed E-state index contributed by atoms with van der Waals surface area (Å²) in [4.78, 5) is 28.0. The largest absolute Gasteiger partial charge is 0.346 e. The summed E-state index contributed by atoms with van der Waals surface area (Å²) in [5.74, 6) is 0.313. The first-order valence-corrected chi connectivity index (χ1v) is 16.1. The highest BCUT2D eigenvalue weighted by Crippen LogP contribution is 2.44. The molecule has 0 unspecified atom stereocenters. The second kappa shape index (κ2) is 10.5. The Morgan fingerprint density at radius 1 is 1.03 bits per heavy atom. The number of thiophene rings is 1. The highest BCUT2D eigenvalue weighted by Gasteiger charge is 2.47. The van der Waals surface area contributed by atoms with Crippen LogP contribution in [0.15, 0.2) is 29.8 Å². The van der Waals surface area contributed by atoms with Gasteiger partial charge in [0.05, 0.1) is 22.3 Å². The number of aryl methyl sites for hydroxylation is 3. The second-order valence-corrected chi connectivity index (χ2v) is 14.1. The zero-order valence-electron chi connectivity index (χ0n) is 23.8. The number of aromatic nitrogens is 2. The molecule has 2 aliphatic rings. The molecule has 2 N–H and O–H groups in total. The lowest BCUT2D eigenvalue weighted by Crippen LogP contribution is -2.45. The first-order chi connectivity index (χ1) is 18.7. The van der Waals surface area contributed by atoms with Crippen molar-refractivity contribution in [1.82, 2.24) is 20.2 Å². The lowest BCUT2D eigenvalue weighted by atomic mass is 9.88. The van der Waals surface area contributed by atoms with Gasteiger partial charge in [-0.05, 0) is 109 Å². The molecule has 0 saturated carbocycles.